The second kappa shape index (κ2) is 5.10. The molecule has 1 heterocycles. The van der Waals surface area contributed by atoms with E-state index in [1.165, 1.54) is 0 Å². The molecule has 2 aromatic rings. The lowest BCUT2D eigenvalue weighted by Crippen LogP contribution is -2.25. The molecule has 0 radical (unpaired) electrons. The van der Waals surface area contributed by atoms with Crippen LogP contribution in [0.1, 0.15) is 16.2 Å². The van der Waals surface area contributed by atoms with Crippen LogP contribution < -0.4 is 11.1 Å². The van der Waals surface area contributed by atoms with Gasteiger partial charge in [0, 0.05) is 25.1 Å². The van der Waals surface area contributed by atoms with Gasteiger partial charge in [-0.1, -0.05) is 17.7 Å². The van der Waals surface area contributed by atoms with Gasteiger partial charge >= 0.3 is 0 Å². The standard InChI is InChI=1S/C12H13ClN4O/c1-17-6-5-15-10(17)7-16-12(18)11-8(13)3-2-4-9(11)14/h2-6H,7,14H2,1H3,(H,16,18). The lowest BCUT2D eigenvalue weighted by atomic mass is 10.1. The molecule has 5 nitrogen and oxygen atoms in total. The average molecular weight is 265 g/mol. The first-order chi connectivity index (χ1) is 8.59. The summed E-state index contributed by atoms with van der Waals surface area (Å²) in [6.07, 6.45) is 3.48. The number of aryl methyl sites for hydroxylation is 1. The normalized spacial score (nSPS) is 10.3. The van der Waals surface area contributed by atoms with Crippen molar-refractivity contribution in [3.05, 3.63) is 47.0 Å². The zero-order valence-corrected chi connectivity index (χ0v) is 10.6. The Morgan fingerprint density at radius 1 is 1.56 bits per heavy atom. The first-order valence-electron chi connectivity index (χ1n) is 5.38. The van der Waals surface area contributed by atoms with Crippen molar-refractivity contribution < 1.29 is 4.79 Å². The first kappa shape index (κ1) is 12.4. The van der Waals surface area contributed by atoms with Crippen LogP contribution in [0.3, 0.4) is 0 Å². The van der Waals surface area contributed by atoms with E-state index in [2.05, 4.69) is 10.3 Å². The van der Waals surface area contributed by atoms with Crippen LogP contribution in [0.25, 0.3) is 0 Å². The molecule has 0 aliphatic rings. The summed E-state index contributed by atoms with van der Waals surface area (Å²) >= 11 is 5.95. The van der Waals surface area contributed by atoms with E-state index in [9.17, 15) is 4.79 Å². The highest BCUT2D eigenvalue weighted by Gasteiger charge is 2.13. The van der Waals surface area contributed by atoms with Gasteiger partial charge in [-0.25, -0.2) is 4.98 Å². The first-order valence-corrected chi connectivity index (χ1v) is 5.76. The van der Waals surface area contributed by atoms with E-state index >= 15 is 0 Å². The molecule has 0 saturated heterocycles. The Labute approximate surface area is 110 Å². The van der Waals surface area contributed by atoms with Crippen molar-refractivity contribution in [3.63, 3.8) is 0 Å². The minimum absolute atomic E-state index is 0.299. The molecule has 2 rings (SSSR count). The fraction of sp³-hybridized carbons (Fsp3) is 0.167. The van der Waals surface area contributed by atoms with Crippen molar-refractivity contribution in [3.8, 4) is 0 Å². The van der Waals surface area contributed by atoms with Gasteiger partial charge in [0.05, 0.1) is 17.1 Å². The molecule has 1 aromatic carbocycles. The number of amides is 1. The van der Waals surface area contributed by atoms with Crippen LogP contribution in [0, 0.1) is 0 Å². The van der Waals surface area contributed by atoms with Gasteiger partial charge in [-0.05, 0) is 12.1 Å². The van der Waals surface area contributed by atoms with Crippen LogP contribution >= 0.6 is 11.6 Å². The van der Waals surface area contributed by atoms with Gasteiger partial charge in [0.15, 0.2) is 0 Å². The Morgan fingerprint density at radius 3 is 2.94 bits per heavy atom. The number of carbonyl (C=O) groups is 1. The van der Waals surface area contributed by atoms with E-state index in [-0.39, 0.29) is 5.91 Å². The Morgan fingerprint density at radius 2 is 2.33 bits per heavy atom. The van der Waals surface area contributed by atoms with E-state index in [0.29, 0.717) is 22.8 Å². The van der Waals surface area contributed by atoms with Gasteiger partial charge in [-0.15, -0.1) is 0 Å². The summed E-state index contributed by atoms with van der Waals surface area (Å²) in [5.74, 6) is 0.454. The molecule has 0 aliphatic heterocycles. The van der Waals surface area contributed by atoms with Crippen LogP contribution in [0.4, 0.5) is 5.69 Å². The maximum Gasteiger partial charge on any atom is 0.255 e. The predicted molar refractivity (Wildman–Crippen MR) is 70.2 cm³/mol. The Kier molecular flexibility index (Phi) is 3.53. The highest BCUT2D eigenvalue weighted by molar-refractivity contribution is 6.34. The maximum absolute atomic E-state index is 12.0. The summed E-state index contributed by atoms with van der Waals surface area (Å²) in [6.45, 7) is 0.326. The number of nitrogens with zero attached hydrogens (tertiary/aromatic N) is 2. The number of benzene rings is 1. The Bertz CT molecular complexity index is 559. The number of hydrogen-bond acceptors (Lipinski definition) is 3. The fourth-order valence-electron chi connectivity index (χ4n) is 1.59. The molecule has 6 heteroatoms. The number of anilines is 1. The second-order valence-corrected chi connectivity index (χ2v) is 4.25. The molecule has 0 saturated carbocycles. The zero-order chi connectivity index (χ0) is 13.1. The molecule has 1 aromatic heterocycles. The molecule has 18 heavy (non-hydrogen) atoms. The summed E-state index contributed by atoms with van der Waals surface area (Å²) in [5, 5.41) is 3.08. The van der Waals surface area contributed by atoms with Crippen LogP contribution in [0.2, 0.25) is 5.02 Å². The van der Waals surface area contributed by atoms with E-state index in [1.54, 1.807) is 24.4 Å². The number of nitrogens with one attached hydrogen (secondary N) is 1. The van der Waals surface area contributed by atoms with Crippen molar-refractivity contribution in [2.24, 2.45) is 7.05 Å². The predicted octanol–water partition coefficient (Wildman–Crippen LogP) is 1.59. The van der Waals surface area contributed by atoms with E-state index < -0.39 is 0 Å². The van der Waals surface area contributed by atoms with Crippen molar-refractivity contribution in [1.29, 1.82) is 0 Å². The van der Waals surface area contributed by atoms with E-state index in [4.69, 9.17) is 17.3 Å². The van der Waals surface area contributed by atoms with Gasteiger partial charge < -0.3 is 15.6 Å². The number of rotatable bonds is 3. The number of aromatic nitrogens is 2. The number of nitrogens with two attached hydrogens (primary N) is 1. The van der Waals surface area contributed by atoms with Gasteiger partial charge in [-0.2, -0.15) is 0 Å². The maximum atomic E-state index is 12.0. The second-order valence-electron chi connectivity index (χ2n) is 3.84. The number of hydrogen-bond donors (Lipinski definition) is 2. The highest BCUT2D eigenvalue weighted by Crippen LogP contribution is 2.21. The van der Waals surface area contributed by atoms with E-state index in [0.717, 1.165) is 5.82 Å². The van der Waals surface area contributed by atoms with Crippen LogP contribution in [-0.2, 0) is 13.6 Å². The third-order valence-corrected chi connectivity index (χ3v) is 2.92. The molecule has 3 N–H and O–H groups in total. The number of halogens is 1. The van der Waals surface area contributed by atoms with Gasteiger partial charge in [-0.3, -0.25) is 4.79 Å². The largest absolute Gasteiger partial charge is 0.398 e. The monoisotopic (exact) mass is 264 g/mol. The topological polar surface area (TPSA) is 72.9 Å². The molecule has 94 valence electrons. The summed E-state index contributed by atoms with van der Waals surface area (Å²) in [4.78, 5) is 16.1. The molecule has 0 aliphatic carbocycles. The summed E-state index contributed by atoms with van der Waals surface area (Å²) in [6, 6.07) is 4.97. The molecule has 0 fully saturated rings. The van der Waals surface area contributed by atoms with Crippen molar-refractivity contribution >= 4 is 23.2 Å². The quantitative estimate of drug-likeness (QED) is 0.827. The smallest absolute Gasteiger partial charge is 0.255 e. The van der Waals surface area contributed by atoms with E-state index in [1.807, 2.05) is 17.8 Å². The molecule has 0 atom stereocenters. The lowest BCUT2D eigenvalue weighted by Gasteiger charge is -2.09. The van der Waals surface area contributed by atoms with Crippen molar-refractivity contribution in [2.75, 3.05) is 5.73 Å². The molecule has 0 spiro atoms. The molecular formula is C12H13ClN4O. The SMILES string of the molecule is Cn1ccnc1CNC(=O)c1c(N)cccc1Cl. The van der Waals surface area contributed by atoms with Crippen LogP contribution in [-0.4, -0.2) is 15.5 Å². The highest BCUT2D eigenvalue weighted by atomic mass is 35.5. The van der Waals surface area contributed by atoms with Gasteiger partial charge in [0.2, 0.25) is 0 Å². The molecular weight excluding hydrogens is 252 g/mol. The molecule has 0 unspecified atom stereocenters. The van der Waals surface area contributed by atoms with Crippen LogP contribution in [0.5, 0.6) is 0 Å². The molecule has 0 bridgehead atoms. The number of carbonyl (C=O) groups excluding carboxylic acids is 1. The third kappa shape index (κ3) is 2.46. The number of nitrogen functional groups attached to an aromatic ring is 1. The van der Waals surface area contributed by atoms with Gasteiger partial charge in [0.1, 0.15) is 5.82 Å². The lowest BCUT2D eigenvalue weighted by molar-refractivity contribution is 0.0950. The fourth-order valence-corrected chi connectivity index (χ4v) is 1.86. The Hall–Kier alpha value is -2.01. The van der Waals surface area contributed by atoms with Crippen molar-refractivity contribution in [1.82, 2.24) is 14.9 Å². The summed E-state index contributed by atoms with van der Waals surface area (Å²) in [7, 11) is 1.86. The van der Waals surface area contributed by atoms with Crippen LogP contribution in [0.15, 0.2) is 30.6 Å². The van der Waals surface area contributed by atoms with Crippen molar-refractivity contribution in [2.45, 2.75) is 6.54 Å². The number of imidazole rings is 1. The van der Waals surface area contributed by atoms with Gasteiger partial charge in [0.25, 0.3) is 5.91 Å². The average Bonchev–Trinajstić information content (AvgIpc) is 2.72. The zero-order valence-electron chi connectivity index (χ0n) is 9.85. The summed E-state index contributed by atoms with van der Waals surface area (Å²) in [5.41, 5.74) is 6.40. The molecule has 1 amide bonds. The third-order valence-electron chi connectivity index (χ3n) is 2.60. The minimum atomic E-state index is -0.305. The Balaban J connectivity index is 2.11. The minimum Gasteiger partial charge on any atom is -0.398 e. The summed E-state index contributed by atoms with van der Waals surface area (Å²) < 4.78 is 1.83.